The average molecular weight is 629 g/mol. The van der Waals surface area contributed by atoms with Crippen LogP contribution in [0.4, 0.5) is 17.1 Å². The summed E-state index contributed by atoms with van der Waals surface area (Å²) in [6.45, 7) is 0. The third-order valence-electron chi connectivity index (χ3n) is 9.51. The highest BCUT2D eigenvalue weighted by Gasteiger charge is 2.16. The number of fused-ring (bicyclic) bond motifs is 3. The Bertz CT molecular complexity index is 2360. The van der Waals surface area contributed by atoms with Crippen LogP contribution in [0.3, 0.4) is 0 Å². The summed E-state index contributed by atoms with van der Waals surface area (Å²) in [4.78, 5) is 16.3. The number of anilines is 3. The number of allylic oxidation sites excluding steroid dienone is 1. The van der Waals surface area contributed by atoms with Gasteiger partial charge in [-0.15, -0.1) is 0 Å². The smallest absolute Gasteiger partial charge is 0.0708 e. The summed E-state index contributed by atoms with van der Waals surface area (Å²) in [7, 11) is 0. The van der Waals surface area contributed by atoms with Crippen LogP contribution in [0.15, 0.2) is 164 Å². The molecule has 232 valence electrons. The molecule has 3 heterocycles. The van der Waals surface area contributed by atoms with Crippen molar-refractivity contribution in [2.24, 2.45) is 0 Å². The zero-order chi connectivity index (χ0) is 32.6. The lowest BCUT2D eigenvalue weighted by Gasteiger charge is -2.26. The summed E-state index contributed by atoms with van der Waals surface area (Å²) in [5.41, 5.74) is 13.6. The van der Waals surface area contributed by atoms with E-state index in [-0.39, 0.29) is 0 Å². The van der Waals surface area contributed by atoms with Crippen molar-refractivity contribution in [2.75, 3.05) is 4.90 Å². The van der Waals surface area contributed by atoms with Crippen molar-refractivity contribution in [2.45, 2.75) is 12.8 Å². The van der Waals surface area contributed by atoms with Gasteiger partial charge in [-0.05, 0) is 113 Å². The third-order valence-corrected chi connectivity index (χ3v) is 9.51. The summed E-state index contributed by atoms with van der Waals surface area (Å²) in [5.74, 6) is 0. The maximum Gasteiger partial charge on any atom is 0.0708 e. The lowest BCUT2D eigenvalue weighted by molar-refractivity contribution is 0.978. The van der Waals surface area contributed by atoms with E-state index in [0.717, 1.165) is 74.3 Å². The number of rotatable bonds is 6. The van der Waals surface area contributed by atoms with E-state index < -0.39 is 0 Å². The first-order valence-electron chi connectivity index (χ1n) is 16.7. The Morgan fingerprint density at radius 2 is 1.08 bits per heavy atom. The quantitative estimate of drug-likeness (QED) is 0.184. The minimum Gasteiger partial charge on any atom is -0.311 e. The van der Waals surface area contributed by atoms with Crippen LogP contribution in [0, 0.1) is 0 Å². The van der Waals surface area contributed by atoms with Crippen LogP contribution in [0.5, 0.6) is 0 Å². The second-order valence-corrected chi connectivity index (χ2v) is 12.5. The maximum atomic E-state index is 4.77. The van der Waals surface area contributed by atoms with Gasteiger partial charge in [0, 0.05) is 52.0 Å². The number of benzene rings is 5. The highest BCUT2D eigenvalue weighted by atomic mass is 15.1. The van der Waals surface area contributed by atoms with Crippen LogP contribution < -0.4 is 4.90 Å². The van der Waals surface area contributed by atoms with Gasteiger partial charge in [0.25, 0.3) is 0 Å². The zero-order valence-corrected chi connectivity index (χ0v) is 26.9. The Kier molecular flexibility index (Phi) is 7.25. The van der Waals surface area contributed by atoms with Crippen LogP contribution in [0.2, 0.25) is 0 Å². The first kappa shape index (κ1) is 28.8. The molecule has 0 bridgehead atoms. The minimum absolute atomic E-state index is 0.965. The van der Waals surface area contributed by atoms with Crippen molar-refractivity contribution in [1.82, 2.24) is 15.0 Å². The minimum atomic E-state index is 0.965. The summed E-state index contributed by atoms with van der Waals surface area (Å²) in [6, 6.07) is 51.7. The van der Waals surface area contributed by atoms with Crippen molar-refractivity contribution in [3.05, 3.63) is 181 Å². The molecule has 9 rings (SSSR count). The molecular formula is C45H32N4. The number of pyridine rings is 3. The highest BCUT2D eigenvalue weighted by Crippen LogP contribution is 2.38. The molecule has 0 saturated heterocycles. The summed E-state index contributed by atoms with van der Waals surface area (Å²) in [6.07, 6.45) is 9.95. The Labute approximate surface area is 285 Å². The van der Waals surface area contributed by atoms with E-state index in [1.54, 1.807) is 0 Å². The van der Waals surface area contributed by atoms with Gasteiger partial charge >= 0.3 is 0 Å². The van der Waals surface area contributed by atoms with E-state index in [9.17, 15) is 0 Å². The molecule has 5 aromatic carbocycles. The highest BCUT2D eigenvalue weighted by molar-refractivity contribution is 5.88. The van der Waals surface area contributed by atoms with Crippen molar-refractivity contribution in [1.29, 1.82) is 0 Å². The SMILES string of the molecule is C1=C(c2ccc(N(c3ccc(-c4ccc5cccnc5c4)cc3)c3ccc(-c4cc5ccccc5cn4)cc3)cc2)CCc2cccnc21. The van der Waals surface area contributed by atoms with Crippen molar-refractivity contribution >= 4 is 50.4 Å². The first-order valence-corrected chi connectivity index (χ1v) is 16.7. The first-order chi connectivity index (χ1) is 24.2. The molecular weight excluding hydrogens is 597 g/mol. The van der Waals surface area contributed by atoms with Gasteiger partial charge in [0.1, 0.15) is 0 Å². The van der Waals surface area contributed by atoms with Crippen molar-refractivity contribution in [3.8, 4) is 22.4 Å². The number of hydrogen-bond donors (Lipinski definition) is 0. The van der Waals surface area contributed by atoms with Gasteiger partial charge in [0.15, 0.2) is 0 Å². The molecule has 0 saturated carbocycles. The average Bonchev–Trinajstić information content (AvgIpc) is 3.18. The Balaban J connectivity index is 1.08. The predicted molar refractivity (Wildman–Crippen MR) is 203 cm³/mol. The fraction of sp³-hybridized carbons (Fsp3) is 0.0444. The zero-order valence-electron chi connectivity index (χ0n) is 26.9. The molecule has 0 fully saturated rings. The van der Waals surface area contributed by atoms with E-state index in [2.05, 4.69) is 148 Å². The predicted octanol–water partition coefficient (Wildman–Crippen LogP) is 11.5. The second-order valence-electron chi connectivity index (χ2n) is 12.5. The monoisotopic (exact) mass is 628 g/mol. The molecule has 1 aliphatic carbocycles. The fourth-order valence-corrected chi connectivity index (χ4v) is 6.87. The van der Waals surface area contributed by atoms with Gasteiger partial charge in [0.2, 0.25) is 0 Å². The largest absolute Gasteiger partial charge is 0.311 e. The summed E-state index contributed by atoms with van der Waals surface area (Å²) in [5, 5.41) is 3.47. The molecule has 8 aromatic rings. The van der Waals surface area contributed by atoms with E-state index in [1.807, 2.05) is 36.8 Å². The number of aromatic nitrogens is 3. The third kappa shape index (κ3) is 5.64. The molecule has 0 N–H and O–H groups in total. The Morgan fingerprint density at radius 3 is 1.86 bits per heavy atom. The van der Waals surface area contributed by atoms with E-state index in [1.165, 1.54) is 22.1 Å². The topological polar surface area (TPSA) is 41.9 Å². The van der Waals surface area contributed by atoms with Crippen LogP contribution in [0.1, 0.15) is 23.2 Å². The number of hydrogen-bond acceptors (Lipinski definition) is 4. The van der Waals surface area contributed by atoms with Gasteiger partial charge < -0.3 is 4.90 Å². The molecule has 3 aromatic heterocycles. The fourth-order valence-electron chi connectivity index (χ4n) is 6.87. The number of nitrogens with zero attached hydrogens (tertiary/aromatic N) is 4. The van der Waals surface area contributed by atoms with Gasteiger partial charge in [-0.3, -0.25) is 15.0 Å². The normalized spacial score (nSPS) is 12.4. The molecule has 0 amide bonds. The van der Waals surface area contributed by atoms with Gasteiger partial charge in [-0.25, -0.2) is 0 Å². The van der Waals surface area contributed by atoms with Crippen molar-refractivity contribution < 1.29 is 0 Å². The number of aryl methyl sites for hydroxylation is 1. The summed E-state index contributed by atoms with van der Waals surface area (Å²) < 4.78 is 0. The van der Waals surface area contributed by atoms with Gasteiger partial charge in [0.05, 0.1) is 16.9 Å². The molecule has 4 nitrogen and oxygen atoms in total. The maximum absolute atomic E-state index is 4.77. The second kappa shape index (κ2) is 12.3. The Morgan fingerprint density at radius 1 is 0.449 bits per heavy atom. The molecule has 0 aliphatic heterocycles. The van der Waals surface area contributed by atoms with Crippen LogP contribution >= 0.6 is 0 Å². The molecule has 0 atom stereocenters. The van der Waals surface area contributed by atoms with Gasteiger partial charge in [-0.1, -0.05) is 84.9 Å². The molecule has 49 heavy (non-hydrogen) atoms. The van der Waals surface area contributed by atoms with Gasteiger partial charge in [-0.2, -0.15) is 0 Å². The van der Waals surface area contributed by atoms with E-state index >= 15 is 0 Å². The standard InChI is InChI=1S/C45H32N4/c1-2-6-39-30-48-45(27-36(39)5-1)35-17-23-42(24-18-35)49(40-19-13-31(14-20-40)37-11-9-33-7-3-25-46-43(33)28-37)41-21-15-32(16-22-41)38-12-10-34-8-4-26-47-44(34)29-38/h1-9,11,13-30H,10,12H2. The molecule has 1 aliphatic rings. The molecule has 0 spiro atoms. The molecule has 4 heteroatoms. The molecule has 0 radical (unpaired) electrons. The van der Waals surface area contributed by atoms with Crippen molar-refractivity contribution in [3.63, 3.8) is 0 Å². The van der Waals surface area contributed by atoms with Crippen LogP contribution in [0.25, 0.3) is 55.7 Å². The van der Waals surface area contributed by atoms with E-state index in [4.69, 9.17) is 4.98 Å². The van der Waals surface area contributed by atoms with Crippen LogP contribution in [-0.2, 0) is 6.42 Å². The Hall–Kier alpha value is -6.39. The van der Waals surface area contributed by atoms with E-state index in [0.29, 0.717) is 0 Å². The lowest BCUT2D eigenvalue weighted by Crippen LogP contribution is -2.10. The van der Waals surface area contributed by atoms with Crippen LogP contribution in [-0.4, -0.2) is 15.0 Å². The molecule has 0 unspecified atom stereocenters. The summed E-state index contributed by atoms with van der Waals surface area (Å²) >= 11 is 0. The lowest BCUT2D eigenvalue weighted by atomic mass is 9.91.